The van der Waals surface area contributed by atoms with Crippen molar-refractivity contribution in [3.05, 3.63) is 29.8 Å². The summed E-state index contributed by atoms with van der Waals surface area (Å²) in [4.78, 5) is -0.0661. The molecule has 5 nitrogen and oxygen atoms in total. The number of nitrogens with one attached hydrogen (secondary N) is 1. The van der Waals surface area contributed by atoms with Gasteiger partial charge in [0, 0.05) is 0 Å². The number of nitrogens with zero attached hydrogens (tertiary/aromatic N) is 2. The first-order valence-electron chi connectivity index (χ1n) is 6.99. The highest BCUT2D eigenvalue weighted by molar-refractivity contribution is 7.89. The van der Waals surface area contributed by atoms with Crippen molar-refractivity contribution in [2.75, 3.05) is 0 Å². The summed E-state index contributed by atoms with van der Waals surface area (Å²) in [5.41, 5.74) is 0.0883. The van der Waals surface area contributed by atoms with Gasteiger partial charge in [0.1, 0.15) is 12.1 Å². The molecule has 1 aliphatic carbocycles. The Kier molecular flexibility index (Phi) is 4.95. The lowest BCUT2D eigenvalue weighted by Gasteiger charge is -2.26. The molecule has 0 aromatic heterocycles. The van der Waals surface area contributed by atoms with Gasteiger partial charge in [-0.1, -0.05) is 31.4 Å². The first-order valence-corrected chi connectivity index (χ1v) is 8.48. The Morgan fingerprint density at radius 2 is 1.81 bits per heavy atom. The number of hydrogen-bond acceptors (Lipinski definition) is 4. The molecule has 0 heterocycles. The van der Waals surface area contributed by atoms with Gasteiger partial charge in [0.05, 0.1) is 16.5 Å². The first-order chi connectivity index (χ1) is 10.1. The molecule has 1 aliphatic rings. The lowest BCUT2D eigenvalue weighted by Crippen LogP contribution is -2.40. The monoisotopic (exact) mass is 303 g/mol. The Bertz CT molecular complexity index is 680. The third-order valence-corrected chi connectivity index (χ3v) is 5.34. The van der Waals surface area contributed by atoms with E-state index in [4.69, 9.17) is 5.26 Å². The van der Waals surface area contributed by atoms with Crippen molar-refractivity contribution < 1.29 is 8.42 Å². The molecule has 0 spiro atoms. The van der Waals surface area contributed by atoms with Crippen molar-refractivity contribution in [2.45, 2.75) is 43.0 Å². The molecule has 2 rings (SSSR count). The normalized spacial score (nSPS) is 17.6. The molecule has 21 heavy (non-hydrogen) atoms. The third-order valence-electron chi connectivity index (χ3n) is 3.84. The standard InChI is InChI=1S/C15H17N3O2S/c16-10-13-8-4-5-9-15(13)21(19,20)18-14(11-17)12-6-2-1-3-7-12/h4-5,8-9,12,14,18H,1-3,6-7H2. The van der Waals surface area contributed by atoms with Crippen LogP contribution in [0, 0.1) is 28.6 Å². The van der Waals surface area contributed by atoms with Crippen LogP contribution in [-0.4, -0.2) is 14.5 Å². The van der Waals surface area contributed by atoms with E-state index in [2.05, 4.69) is 10.8 Å². The predicted octanol–water partition coefficient (Wildman–Crippen LogP) is 2.31. The van der Waals surface area contributed by atoms with Crippen molar-refractivity contribution in [3.8, 4) is 12.1 Å². The largest absolute Gasteiger partial charge is 0.243 e. The van der Waals surface area contributed by atoms with Crippen LogP contribution >= 0.6 is 0 Å². The molecule has 0 radical (unpaired) electrons. The average Bonchev–Trinajstić information content (AvgIpc) is 2.53. The van der Waals surface area contributed by atoms with Gasteiger partial charge in [-0.3, -0.25) is 0 Å². The van der Waals surface area contributed by atoms with Crippen LogP contribution in [0.4, 0.5) is 0 Å². The summed E-state index contributed by atoms with van der Waals surface area (Å²) >= 11 is 0. The zero-order valence-corrected chi connectivity index (χ0v) is 12.4. The third kappa shape index (κ3) is 3.60. The highest BCUT2D eigenvalue weighted by Gasteiger charge is 2.29. The minimum atomic E-state index is -3.86. The van der Waals surface area contributed by atoms with Crippen LogP contribution in [0.25, 0.3) is 0 Å². The molecule has 0 saturated heterocycles. The number of hydrogen-bond donors (Lipinski definition) is 1. The number of sulfonamides is 1. The van der Waals surface area contributed by atoms with Gasteiger partial charge in [-0.15, -0.1) is 0 Å². The summed E-state index contributed by atoms with van der Waals surface area (Å²) in [6.45, 7) is 0. The van der Waals surface area contributed by atoms with Gasteiger partial charge < -0.3 is 0 Å². The molecule has 6 heteroatoms. The average molecular weight is 303 g/mol. The Morgan fingerprint density at radius 1 is 1.14 bits per heavy atom. The molecule has 0 aliphatic heterocycles. The second kappa shape index (κ2) is 6.71. The second-order valence-electron chi connectivity index (χ2n) is 5.23. The van der Waals surface area contributed by atoms with Gasteiger partial charge in [0.15, 0.2) is 0 Å². The second-order valence-corrected chi connectivity index (χ2v) is 6.92. The Hall–Kier alpha value is -1.89. The van der Waals surface area contributed by atoms with Crippen LogP contribution in [0.15, 0.2) is 29.2 Å². The van der Waals surface area contributed by atoms with E-state index in [1.165, 1.54) is 12.1 Å². The molecule has 1 aromatic carbocycles. The van der Waals surface area contributed by atoms with Gasteiger partial charge in [-0.25, -0.2) is 8.42 Å². The van der Waals surface area contributed by atoms with Crippen molar-refractivity contribution in [3.63, 3.8) is 0 Å². The van der Waals surface area contributed by atoms with Crippen LogP contribution in [0.1, 0.15) is 37.7 Å². The highest BCUT2D eigenvalue weighted by Crippen LogP contribution is 2.27. The van der Waals surface area contributed by atoms with E-state index in [0.29, 0.717) is 0 Å². The Morgan fingerprint density at radius 3 is 2.43 bits per heavy atom. The summed E-state index contributed by atoms with van der Waals surface area (Å²) < 4.78 is 27.3. The summed E-state index contributed by atoms with van der Waals surface area (Å²) in [6, 6.07) is 9.22. The Balaban J connectivity index is 2.24. The van der Waals surface area contributed by atoms with Gasteiger partial charge in [0.25, 0.3) is 0 Å². The van der Waals surface area contributed by atoms with Crippen LogP contribution in [0.3, 0.4) is 0 Å². The van der Waals surface area contributed by atoms with Gasteiger partial charge in [-0.05, 0) is 30.9 Å². The van der Waals surface area contributed by atoms with E-state index in [0.717, 1.165) is 32.1 Å². The summed E-state index contributed by atoms with van der Waals surface area (Å²) in [5, 5.41) is 18.3. The van der Waals surface area contributed by atoms with E-state index < -0.39 is 16.1 Å². The molecule has 1 fully saturated rings. The van der Waals surface area contributed by atoms with E-state index in [1.807, 2.05) is 6.07 Å². The number of nitriles is 2. The molecule has 1 saturated carbocycles. The topological polar surface area (TPSA) is 93.8 Å². The minimum Gasteiger partial charge on any atom is -0.207 e. The lowest BCUT2D eigenvalue weighted by atomic mass is 9.85. The van der Waals surface area contributed by atoms with E-state index in [9.17, 15) is 13.7 Å². The van der Waals surface area contributed by atoms with Crippen molar-refractivity contribution >= 4 is 10.0 Å². The summed E-state index contributed by atoms with van der Waals surface area (Å²) in [6.07, 6.45) is 4.92. The molecular weight excluding hydrogens is 286 g/mol. The summed E-state index contributed by atoms with van der Waals surface area (Å²) in [7, 11) is -3.86. The first kappa shape index (κ1) is 15.5. The van der Waals surface area contributed by atoms with Gasteiger partial charge in [-0.2, -0.15) is 15.2 Å². The fourth-order valence-electron chi connectivity index (χ4n) is 2.72. The van der Waals surface area contributed by atoms with Crippen LogP contribution in [-0.2, 0) is 10.0 Å². The maximum Gasteiger partial charge on any atom is 0.243 e. The minimum absolute atomic E-state index is 0.0489. The molecular formula is C15H17N3O2S. The van der Waals surface area contributed by atoms with Crippen LogP contribution in [0.5, 0.6) is 0 Å². The molecule has 0 amide bonds. The quantitative estimate of drug-likeness (QED) is 0.923. The van der Waals surface area contributed by atoms with Crippen molar-refractivity contribution in [1.82, 2.24) is 4.72 Å². The fourth-order valence-corrected chi connectivity index (χ4v) is 4.09. The van der Waals surface area contributed by atoms with Crippen LogP contribution < -0.4 is 4.72 Å². The zero-order chi connectivity index (χ0) is 15.3. The zero-order valence-electron chi connectivity index (χ0n) is 11.6. The molecule has 1 aromatic rings. The van der Waals surface area contributed by atoms with E-state index >= 15 is 0 Å². The Labute approximate surface area is 125 Å². The van der Waals surface area contributed by atoms with Crippen LogP contribution in [0.2, 0.25) is 0 Å². The van der Waals surface area contributed by atoms with E-state index in [-0.39, 0.29) is 16.4 Å². The summed E-state index contributed by atoms with van der Waals surface area (Å²) in [5.74, 6) is 0.0489. The van der Waals surface area contributed by atoms with Gasteiger partial charge in [0.2, 0.25) is 10.0 Å². The van der Waals surface area contributed by atoms with Gasteiger partial charge >= 0.3 is 0 Å². The number of benzene rings is 1. The molecule has 1 unspecified atom stereocenters. The maximum absolute atomic E-state index is 12.4. The fraction of sp³-hybridized carbons (Fsp3) is 0.467. The maximum atomic E-state index is 12.4. The highest BCUT2D eigenvalue weighted by atomic mass is 32.2. The molecule has 0 bridgehead atoms. The van der Waals surface area contributed by atoms with Crippen molar-refractivity contribution in [1.29, 1.82) is 10.5 Å². The van der Waals surface area contributed by atoms with Crippen molar-refractivity contribution in [2.24, 2.45) is 5.92 Å². The number of rotatable bonds is 4. The molecule has 1 N–H and O–H groups in total. The molecule has 110 valence electrons. The lowest BCUT2D eigenvalue weighted by molar-refractivity contribution is 0.324. The SMILES string of the molecule is N#Cc1ccccc1S(=O)(=O)NC(C#N)C1CCCCC1. The smallest absolute Gasteiger partial charge is 0.207 e. The van der Waals surface area contributed by atoms with E-state index in [1.54, 1.807) is 12.1 Å². The molecule has 1 atom stereocenters. The predicted molar refractivity (Wildman–Crippen MR) is 77.5 cm³/mol.